The van der Waals surface area contributed by atoms with Crippen molar-refractivity contribution in [2.24, 2.45) is 5.41 Å². The highest BCUT2D eigenvalue weighted by atomic mass is 16.4. The second-order valence-electron chi connectivity index (χ2n) is 5.26. The molecule has 102 valence electrons. The number of carbonyl (C=O) groups excluding carboxylic acids is 1. The van der Waals surface area contributed by atoms with Crippen molar-refractivity contribution in [3.05, 3.63) is 0 Å². The molecule has 3 atom stereocenters. The van der Waals surface area contributed by atoms with Gasteiger partial charge in [0.15, 0.2) is 0 Å². The van der Waals surface area contributed by atoms with Crippen LogP contribution in [-0.2, 0) is 9.59 Å². The predicted molar refractivity (Wildman–Crippen MR) is 64.0 cm³/mol. The van der Waals surface area contributed by atoms with E-state index in [1.165, 1.54) is 4.90 Å². The summed E-state index contributed by atoms with van der Waals surface area (Å²) in [6.45, 7) is 3.47. The third kappa shape index (κ3) is 2.10. The Labute approximate surface area is 106 Å². The maximum atomic E-state index is 12.6. The molecule has 0 radical (unpaired) electrons. The van der Waals surface area contributed by atoms with Gasteiger partial charge in [-0.2, -0.15) is 0 Å². The average Bonchev–Trinajstić information content (AvgIpc) is 2.95. The monoisotopic (exact) mass is 256 g/mol. The maximum absolute atomic E-state index is 12.6. The lowest BCUT2D eigenvalue weighted by molar-refractivity contribution is -0.152. The van der Waals surface area contributed by atoms with Gasteiger partial charge in [0.1, 0.15) is 6.04 Å². The van der Waals surface area contributed by atoms with Crippen molar-refractivity contribution >= 4 is 11.9 Å². The van der Waals surface area contributed by atoms with Crippen LogP contribution in [0.25, 0.3) is 0 Å². The molecule has 0 aromatic carbocycles. The molecule has 1 amide bonds. The van der Waals surface area contributed by atoms with Gasteiger partial charge in [-0.25, -0.2) is 4.79 Å². The minimum absolute atomic E-state index is 0.126. The van der Waals surface area contributed by atoms with Crippen LogP contribution < -0.4 is 5.32 Å². The third-order valence-corrected chi connectivity index (χ3v) is 4.20. The molecule has 3 unspecified atom stereocenters. The number of likely N-dealkylation sites (tertiary alicyclic amines) is 1. The van der Waals surface area contributed by atoms with E-state index < -0.39 is 23.5 Å². The molecule has 2 rings (SSSR count). The van der Waals surface area contributed by atoms with Crippen molar-refractivity contribution in [3.63, 3.8) is 0 Å². The number of β-amino-alcohol motifs (C(OH)–C–C–N with tert-alkyl or cyclic N) is 1. The fourth-order valence-electron chi connectivity index (χ4n) is 2.96. The van der Waals surface area contributed by atoms with E-state index in [4.69, 9.17) is 5.11 Å². The van der Waals surface area contributed by atoms with Crippen LogP contribution in [0.1, 0.15) is 26.2 Å². The lowest BCUT2D eigenvalue weighted by Crippen LogP contribution is -2.49. The van der Waals surface area contributed by atoms with Gasteiger partial charge in [-0.05, 0) is 19.4 Å². The normalized spacial score (nSPS) is 36.0. The second kappa shape index (κ2) is 4.85. The first kappa shape index (κ1) is 13.3. The highest BCUT2D eigenvalue weighted by Crippen LogP contribution is 2.34. The summed E-state index contributed by atoms with van der Waals surface area (Å²) in [6, 6.07) is -0.878. The number of nitrogens with one attached hydrogen (secondary N) is 1. The summed E-state index contributed by atoms with van der Waals surface area (Å²) in [7, 11) is 0. The van der Waals surface area contributed by atoms with Gasteiger partial charge < -0.3 is 20.4 Å². The topological polar surface area (TPSA) is 89.9 Å². The molecule has 2 fully saturated rings. The van der Waals surface area contributed by atoms with E-state index in [0.29, 0.717) is 13.0 Å². The summed E-state index contributed by atoms with van der Waals surface area (Å²) in [4.78, 5) is 25.1. The number of aliphatic carboxylic acids is 1. The van der Waals surface area contributed by atoms with Gasteiger partial charge in [-0.3, -0.25) is 4.79 Å². The van der Waals surface area contributed by atoms with E-state index in [0.717, 1.165) is 13.0 Å². The minimum Gasteiger partial charge on any atom is -0.480 e. The molecule has 0 saturated carbocycles. The molecule has 6 heteroatoms. The van der Waals surface area contributed by atoms with Crippen LogP contribution in [0.15, 0.2) is 0 Å². The molecule has 2 aliphatic heterocycles. The second-order valence-corrected chi connectivity index (χ2v) is 5.26. The number of hydrogen-bond donors (Lipinski definition) is 3. The highest BCUT2D eigenvalue weighted by Gasteiger charge is 2.48. The molecule has 18 heavy (non-hydrogen) atoms. The Balaban J connectivity index is 2.19. The number of hydrogen-bond acceptors (Lipinski definition) is 4. The van der Waals surface area contributed by atoms with Crippen LogP contribution >= 0.6 is 0 Å². The van der Waals surface area contributed by atoms with Crippen LogP contribution in [0.4, 0.5) is 0 Å². The lowest BCUT2D eigenvalue weighted by atomic mass is 9.82. The van der Waals surface area contributed by atoms with E-state index >= 15 is 0 Å². The number of aliphatic hydroxyl groups is 1. The quantitative estimate of drug-likeness (QED) is 0.629. The number of carbonyl (C=O) groups is 2. The van der Waals surface area contributed by atoms with E-state index in [9.17, 15) is 14.7 Å². The molecule has 0 aromatic heterocycles. The van der Waals surface area contributed by atoms with Crippen LogP contribution in [-0.4, -0.2) is 58.8 Å². The Kier molecular flexibility index (Phi) is 3.59. The third-order valence-electron chi connectivity index (χ3n) is 4.20. The van der Waals surface area contributed by atoms with Crippen molar-refractivity contribution in [2.75, 3.05) is 19.6 Å². The number of amides is 1. The first-order valence-corrected chi connectivity index (χ1v) is 6.43. The van der Waals surface area contributed by atoms with Crippen molar-refractivity contribution in [3.8, 4) is 0 Å². The molecule has 2 aliphatic rings. The summed E-state index contributed by atoms with van der Waals surface area (Å²) in [5.41, 5.74) is -0.488. The molecule has 0 bridgehead atoms. The van der Waals surface area contributed by atoms with Gasteiger partial charge in [0.05, 0.1) is 11.5 Å². The predicted octanol–water partition coefficient (Wildman–Crippen LogP) is -0.577. The summed E-state index contributed by atoms with van der Waals surface area (Å²) < 4.78 is 0. The van der Waals surface area contributed by atoms with Crippen LogP contribution in [0.3, 0.4) is 0 Å². The molecular formula is C12H20N2O4. The summed E-state index contributed by atoms with van der Waals surface area (Å²) in [5.74, 6) is -1.16. The van der Waals surface area contributed by atoms with Gasteiger partial charge in [-0.1, -0.05) is 6.92 Å². The Morgan fingerprint density at radius 2 is 2.22 bits per heavy atom. The molecule has 0 aliphatic carbocycles. The van der Waals surface area contributed by atoms with Crippen molar-refractivity contribution in [1.29, 1.82) is 0 Å². The van der Waals surface area contributed by atoms with E-state index in [1.807, 2.05) is 6.92 Å². The maximum Gasteiger partial charge on any atom is 0.326 e. The molecule has 0 spiro atoms. The zero-order valence-electron chi connectivity index (χ0n) is 10.6. The number of carboxylic acid groups (broad SMARTS) is 1. The largest absolute Gasteiger partial charge is 0.480 e. The fourth-order valence-corrected chi connectivity index (χ4v) is 2.96. The van der Waals surface area contributed by atoms with Crippen LogP contribution in [0, 0.1) is 5.41 Å². The van der Waals surface area contributed by atoms with E-state index in [1.54, 1.807) is 0 Å². The molecule has 0 aromatic rings. The van der Waals surface area contributed by atoms with Gasteiger partial charge in [0, 0.05) is 19.5 Å². The summed E-state index contributed by atoms with van der Waals surface area (Å²) in [5, 5.41) is 21.9. The van der Waals surface area contributed by atoms with Crippen molar-refractivity contribution in [1.82, 2.24) is 10.2 Å². The Morgan fingerprint density at radius 3 is 2.72 bits per heavy atom. The fraction of sp³-hybridized carbons (Fsp3) is 0.833. The van der Waals surface area contributed by atoms with Crippen molar-refractivity contribution in [2.45, 2.75) is 38.3 Å². The Hall–Kier alpha value is -1.14. The number of rotatable bonds is 3. The number of carboxylic acids is 1. The zero-order valence-corrected chi connectivity index (χ0v) is 10.6. The Morgan fingerprint density at radius 1 is 1.50 bits per heavy atom. The van der Waals surface area contributed by atoms with Gasteiger partial charge in [-0.15, -0.1) is 0 Å². The van der Waals surface area contributed by atoms with Crippen molar-refractivity contribution < 1.29 is 19.8 Å². The highest BCUT2D eigenvalue weighted by molar-refractivity contribution is 5.88. The number of aliphatic hydroxyl groups excluding tert-OH is 1. The van der Waals surface area contributed by atoms with Gasteiger partial charge in [0.2, 0.25) is 5.91 Å². The number of nitrogens with zero attached hydrogens (tertiary/aromatic N) is 1. The standard InChI is InChI=1S/C12H20N2O4/c1-2-12(3-4-13-7-12)11(18)14-6-8(15)5-9(14)10(16)17/h8-9,13,15H,2-7H2,1H3,(H,16,17). The molecule has 2 saturated heterocycles. The van der Waals surface area contributed by atoms with Gasteiger partial charge >= 0.3 is 5.97 Å². The average molecular weight is 256 g/mol. The molecule has 2 heterocycles. The molecular weight excluding hydrogens is 236 g/mol. The van der Waals surface area contributed by atoms with E-state index in [2.05, 4.69) is 5.32 Å². The zero-order chi connectivity index (χ0) is 13.3. The summed E-state index contributed by atoms with van der Waals surface area (Å²) >= 11 is 0. The minimum atomic E-state index is -1.03. The van der Waals surface area contributed by atoms with Gasteiger partial charge in [0.25, 0.3) is 0 Å². The lowest BCUT2D eigenvalue weighted by Gasteiger charge is -2.32. The SMILES string of the molecule is CCC1(C(=O)N2CC(O)CC2C(=O)O)CCNC1. The van der Waals surface area contributed by atoms with Crippen LogP contribution in [0.5, 0.6) is 0 Å². The smallest absolute Gasteiger partial charge is 0.326 e. The van der Waals surface area contributed by atoms with Crippen LogP contribution in [0.2, 0.25) is 0 Å². The molecule has 6 nitrogen and oxygen atoms in total. The Bertz CT molecular complexity index is 352. The first-order valence-electron chi connectivity index (χ1n) is 6.43. The van der Waals surface area contributed by atoms with E-state index in [-0.39, 0.29) is 18.9 Å². The first-order chi connectivity index (χ1) is 8.50. The summed E-state index contributed by atoms with van der Waals surface area (Å²) in [6.07, 6.45) is 0.839. The molecule has 3 N–H and O–H groups in total.